The van der Waals surface area contributed by atoms with Crippen LogP contribution in [0.4, 0.5) is 0 Å². The van der Waals surface area contributed by atoms with E-state index in [1.807, 2.05) is 27.8 Å². The molecule has 1 rings (SSSR count). The van der Waals surface area contributed by atoms with E-state index in [0.29, 0.717) is 13.1 Å². The van der Waals surface area contributed by atoms with Crippen molar-refractivity contribution in [1.82, 2.24) is 15.1 Å². The minimum atomic E-state index is -0.707. The van der Waals surface area contributed by atoms with Crippen LogP contribution in [-0.2, 0) is 20.0 Å². The summed E-state index contributed by atoms with van der Waals surface area (Å²) < 4.78 is 7.15. The van der Waals surface area contributed by atoms with Crippen molar-refractivity contribution in [3.8, 4) is 5.88 Å². The molecule has 0 aliphatic heterocycles. The Hall–Kier alpha value is -1.07. The van der Waals surface area contributed by atoms with Crippen LogP contribution in [0.5, 0.6) is 5.88 Å². The fourth-order valence-corrected chi connectivity index (χ4v) is 1.97. The molecule has 0 aliphatic carbocycles. The van der Waals surface area contributed by atoms with Crippen LogP contribution in [-0.4, -0.2) is 34.1 Å². The average Bonchev–Trinajstić information content (AvgIpc) is 2.64. The smallest absolute Gasteiger partial charge is 0.216 e. The number of rotatable bonds is 7. The maximum atomic E-state index is 10.2. The molecule has 110 valence electrons. The van der Waals surface area contributed by atoms with Crippen LogP contribution < -0.4 is 10.1 Å². The summed E-state index contributed by atoms with van der Waals surface area (Å²) in [5.41, 5.74) is 1.41. The second-order valence-corrected chi connectivity index (χ2v) is 5.53. The first kappa shape index (κ1) is 16.0. The number of aliphatic hydroxyl groups is 1. The highest BCUT2D eigenvalue weighted by atomic mass is 16.5. The fraction of sp³-hybridized carbons (Fsp3) is 0.786. The van der Waals surface area contributed by atoms with Crippen molar-refractivity contribution in [3.05, 3.63) is 11.3 Å². The molecule has 5 heteroatoms. The highest BCUT2D eigenvalue weighted by Gasteiger charge is 2.25. The first-order valence-electron chi connectivity index (χ1n) is 6.85. The molecule has 5 nitrogen and oxygen atoms in total. The minimum Gasteiger partial charge on any atom is -0.481 e. The highest BCUT2D eigenvalue weighted by molar-refractivity contribution is 5.31. The molecule has 0 radical (unpaired) electrons. The van der Waals surface area contributed by atoms with Gasteiger partial charge < -0.3 is 15.2 Å². The summed E-state index contributed by atoms with van der Waals surface area (Å²) >= 11 is 0. The van der Waals surface area contributed by atoms with Gasteiger partial charge in [0.15, 0.2) is 0 Å². The number of nitrogens with one attached hydrogen (secondary N) is 1. The third kappa shape index (κ3) is 3.70. The normalized spacial score (nSPS) is 14.7. The average molecular weight is 269 g/mol. The fourth-order valence-electron chi connectivity index (χ4n) is 1.97. The Balaban J connectivity index is 2.72. The van der Waals surface area contributed by atoms with Crippen LogP contribution in [0.15, 0.2) is 0 Å². The monoisotopic (exact) mass is 269 g/mol. The van der Waals surface area contributed by atoms with Gasteiger partial charge in [-0.05, 0) is 19.3 Å². The Kier molecular flexibility index (Phi) is 5.38. The molecule has 1 unspecified atom stereocenters. The van der Waals surface area contributed by atoms with Gasteiger partial charge in [0.05, 0.1) is 24.0 Å². The first-order valence-corrected chi connectivity index (χ1v) is 6.85. The predicted octanol–water partition coefficient (Wildman–Crippen LogP) is 1.49. The van der Waals surface area contributed by atoms with Crippen LogP contribution in [0.2, 0.25) is 0 Å². The lowest BCUT2D eigenvalue weighted by Gasteiger charge is -2.28. The van der Waals surface area contributed by atoms with Crippen LogP contribution in [0.25, 0.3) is 0 Å². The molecule has 0 saturated heterocycles. The van der Waals surface area contributed by atoms with Gasteiger partial charge in [-0.1, -0.05) is 20.8 Å². The van der Waals surface area contributed by atoms with E-state index in [4.69, 9.17) is 4.74 Å². The summed E-state index contributed by atoms with van der Waals surface area (Å²) in [6.07, 6.45) is 0.870. The standard InChI is InChI=1S/C14H27N3O2/c1-7-12-11(13(19-6)17(5)16-12)8-15-9-14(4,18)10(2)3/h10,15,18H,7-9H2,1-6H3. The molecule has 0 bridgehead atoms. The maximum Gasteiger partial charge on any atom is 0.216 e. The van der Waals surface area contributed by atoms with Crippen molar-refractivity contribution < 1.29 is 9.84 Å². The highest BCUT2D eigenvalue weighted by Crippen LogP contribution is 2.22. The zero-order valence-electron chi connectivity index (χ0n) is 12.9. The number of aromatic nitrogens is 2. The maximum absolute atomic E-state index is 10.2. The minimum absolute atomic E-state index is 0.210. The summed E-state index contributed by atoms with van der Waals surface area (Å²) in [5, 5.41) is 18.0. The van der Waals surface area contributed by atoms with Gasteiger partial charge in [-0.2, -0.15) is 5.10 Å². The van der Waals surface area contributed by atoms with Crippen molar-refractivity contribution in [3.63, 3.8) is 0 Å². The van der Waals surface area contributed by atoms with Gasteiger partial charge in [-0.25, -0.2) is 4.68 Å². The molecule has 0 fully saturated rings. The van der Waals surface area contributed by atoms with Crippen molar-refractivity contribution in [2.24, 2.45) is 13.0 Å². The topological polar surface area (TPSA) is 59.3 Å². The quantitative estimate of drug-likeness (QED) is 0.787. The number of nitrogens with zero attached hydrogens (tertiary/aromatic N) is 2. The molecule has 0 spiro atoms. The third-order valence-corrected chi connectivity index (χ3v) is 3.73. The summed E-state index contributed by atoms with van der Waals surface area (Å²) in [6, 6.07) is 0. The lowest BCUT2D eigenvalue weighted by molar-refractivity contribution is 0.0139. The Bertz CT molecular complexity index is 411. The molecular weight excluding hydrogens is 242 g/mol. The van der Waals surface area contributed by atoms with Gasteiger partial charge in [0.2, 0.25) is 5.88 Å². The molecule has 1 aromatic rings. The lowest BCUT2D eigenvalue weighted by atomic mass is 9.92. The molecule has 0 aliphatic rings. The molecule has 1 heterocycles. The van der Waals surface area contributed by atoms with E-state index in [1.165, 1.54) is 0 Å². The van der Waals surface area contributed by atoms with Crippen LogP contribution in [0, 0.1) is 5.92 Å². The van der Waals surface area contributed by atoms with Crippen molar-refractivity contribution in [1.29, 1.82) is 0 Å². The van der Waals surface area contributed by atoms with E-state index in [1.54, 1.807) is 11.8 Å². The largest absolute Gasteiger partial charge is 0.481 e. The Labute approximate surface area is 116 Å². The molecule has 19 heavy (non-hydrogen) atoms. The lowest BCUT2D eigenvalue weighted by Crippen LogP contribution is -2.42. The Morgan fingerprint density at radius 2 is 2.11 bits per heavy atom. The van der Waals surface area contributed by atoms with Gasteiger partial charge in [-0.3, -0.25) is 0 Å². The molecule has 1 aromatic heterocycles. The molecule has 0 aromatic carbocycles. The van der Waals surface area contributed by atoms with Crippen LogP contribution >= 0.6 is 0 Å². The van der Waals surface area contributed by atoms with E-state index in [-0.39, 0.29) is 5.92 Å². The van der Waals surface area contributed by atoms with Gasteiger partial charge in [-0.15, -0.1) is 0 Å². The molecule has 2 N–H and O–H groups in total. The molecule has 0 saturated carbocycles. The van der Waals surface area contributed by atoms with Crippen LogP contribution in [0.1, 0.15) is 39.0 Å². The van der Waals surface area contributed by atoms with Gasteiger partial charge in [0.25, 0.3) is 0 Å². The van der Waals surface area contributed by atoms with E-state index in [2.05, 4.69) is 17.3 Å². The number of methoxy groups -OCH3 is 1. The molecular formula is C14H27N3O2. The number of aryl methyl sites for hydroxylation is 2. The number of ether oxygens (including phenoxy) is 1. The molecule has 1 atom stereocenters. The van der Waals surface area contributed by atoms with Crippen molar-refractivity contribution >= 4 is 0 Å². The summed E-state index contributed by atoms with van der Waals surface area (Å²) in [4.78, 5) is 0. The number of hydrogen-bond donors (Lipinski definition) is 2. The van der Waals surface area contributed by atoms with E-state index in [9.17, 15) is 5.11 Å². The number of hydrogen-bond acceptors (Lipinski definition) is 4. The van der Waals surface area contributed by atoms with Gasteiger partial charge in [0.1, 0.15) is 0 Å². The Morgan fingerprint density at radius 3 is 2.58 bits per heavy atom. The summed E-state index contributed by atoms with van der Waals surface area (Å²) in [7, 11) is 3.54. The SMILES string of the molecule is CCc1nn(C)c(OC)c1CNCC(C)(O)C(C)C. The second kappa shape index (κ2) is 6.39. The zero-order valence-corrected chi connectivity index (χ0v) is 12.9. The first-order chi connectivity index (χ1) is 8.83. The Morgan fingerprint density at radius 1 is 1.47 bits per heavy atom. The van der Waals surface area contributed by atoms with Gasteiger partial charge >= 0.3 is 0 Å². The van der Waals surface area contributed by atoms with Crippen molar-refractivity contribution in [2.75, 3.05) is 13.7 Å². The summed E-state index contributed by atoms with van der Waals surface area (Å²) in [6.45, 7) is 9.17. The van der Waals surface area contributed by atoms with E-state index >= 15 is 0 Å². The predicted molar refractivity (Wildman–Crippen MR) is 76.3 cm³/mol. The summed E-state index contributed by atoms with van der Waals surface area (Å²) in [5.74, 6) is 0.995. The second-order valence-electron chi connectivity index (χ2n) is 5.53. The van der Waals surface area contributed by atoms with Crippen molar-refractivity contribution in [2.45, 2.75) is 46.3 Å². The third-order valence-electron chi connectivity index (χ3n) is 3.73. The van der Waals surface area contributed by atoms with Crippen LogP contribution in [0.3, 0.4) is 0 Å². The van der Waals surface area contributed by atoms with E-state index in [0.717, 1.165) is 23.6 Å². The zero-order chi connectivity index (χ0) is 14.6. The molecule has 0 amide bonds. The van der Waals surface area contributed by atoms with E-state index < -0.39 is 5.60 Å². The van der Waals surface area contributed by atoms with Gasteiger partial charge in [0, 0.05) is 20.1 Å².